The molecular weight excluding hydrogens is 278 g/mol. The quantitative estimate of drug-likeness (QED) is 0.839. The summed E-state index contributed by atoms with van der Waals surface area (Å²) in [5.74, 6) is 1.12. The fraction of sp³-hybridized carbons (Fsp3) is 0.647. The van der Waals surface area contributed by atoms with Crippen LogP contribution in [0.5, 0.6) is 5.75 Å². The van der Waals surface area contributed by atoms with E-state index in [4.69, 9.17) is 4.74 Å². The minimum Gasteiger partial charge on any atom is -0.494 e. The predicted molar refractivity (Wildman–Crippen MR) is 88.4 cm³/mol. The van der Waals surface area contributed by atoms with E-state index in [2.05, 4.69) is 22.1 Å². The van der Waals surface area contributed by atoms with Gasteiger partial charge in [0.2, 0.25) is 0 Å². The van der Waals surface area contributed by atoms with Gasteiger partial charge in [0, 0.05) is 43.9 Å². The van der Waals surface area contributed by atoms with Crippen LogP contribution in [0.2, 0.25) is 0 Å². The summed E-state index contributed by atoms with van der Waals surface area (Å²) in [6, 6.07) is 2.70. The first kappa shape index (κ1) is 16.7. The third kappa shape index (κ3) is 4.44. The molecule has 1 saturated heterocycles. The SMILES string of the molecule is CCC(CC(C)=O)N1CCC(Nc2cnccc2OC)CC1. The number of carbonyl (C=O) groups excluding carboxylic acids is 1. The van der Waals surface area contributed by atoms with Crippen molar-refractivity contribution < 1.29 is 9.53 Å². The Labute approximate surface area is 133 Å². The van der Waals surface area contributed by atoms with E-state index >= 15 is 0 Å². The molecule has 0 radical (unpaired) electrons. The Morgan fingerprint density at radius 2 is 2.23 bits per heavy atom. The number of anilines is 1. The monoisotopic (exact) mass is 305 g/mol. The lowest BCUT2D eigenvalue weighted by Gasteiger charge is -2.37. The summed E-state index contributed by atoms with van der Waals surface area (Å²) in [6.45, 7) is 5.92. The van der Waals surface area contributed by atoms with E-state index in [1.165, 1.54) is 0 Å². The highest BCUT2D eigenvalue weighted by molar-refractivity contribution is 5.76. The van der Waals surface area contributed by atoms with Crippen LogP contribution >= 0.6 is 0 Å². The summed E-state index contributed by atoms with van der Waals surface area (Å²) in [4.78, 5) is 18.0. The minimum absolute atomic E-state index is 0.284. The van der Waals surface area contributed by atoms with Crippen molar-refractivity contribution in [2.45, 2.75) is 51.6 Å². The molecule has 0 aromatic carbocycles. The molecule has 22 heavy (non-hydrogen) atoms. The molecule has 122 valence electrons. The second-order valence-electron chi connectivity index (χ2n) is 6.00. The molecule has 1 aliphatic heterocycles. The largest absolute Gasteiger partial charge is 0.494 e. The molecule has 1 unspecified atom stereocenters. The lowest BCUT2D eigenvalue weighted by Crippen LogP contribution is -2.45. The lowest BCUT2D eigenvalue weighted by molar-refractivity contribution is -0.118. The van der Waals surface area contributed by atoms with E-state index in [0.717, 1.165) is 43.8 Å². The number of ketones is 1. The Bertz CT molecular complexity index is 485. The molecule has 1 N–H and O–H groups in total. The maximum atomic E-state index is 11.4. The number of nitrogens with zero attached hydrogens (tertiary/aromatic N) is 2. The van der Waals surface area contributed by atoms with Crippen LogP contribution in [0.3, 0.4) is 0 Å². The predicted octanol–water partition coefficient (Wildman–Crippen LogP) is 2.72. The van der Waals surface area contributed by atoms with E-state index in [-0.39, 0.29) is 5.78 Å². The van der Waals surface area contributed by atoms with E-state index in [9.17, 15) is 4.79 Å². The van der Waals surface area contributed by atoms with Gasteiger partial charge in [-0.3, -0.25) is 14.7 Å². The average molecular weight is 305 g/mol. The van der Waals surface area contributed by atoms with Gasteiger partial charge in [-0.1, -0.05) is 6.92 Å². The van der Waals surface area contributed by atoms with Crippen LogP contribution in [0, 0.1) is 0 Å². The Morgan fingerprint density at radius 3 is 2.82 bits per heavy atom. The van der Waals surface area contributed by atoms with Crippen molar-refractivity contribution in [1.82, 2.24) is 9.88 Å². The molecule has 0 spiro atoms. The van der Waals surface area contributed by atoms with Gasteiger partial charge in [-0.15, -0.1) is 0 Å². The summed E-state index contributed by atoms with van der Waals surface area (Å²) in [7, 11) is 1.68. The normalized spacial score (nSPS) is 18.0. The molecular formula is C17H27N3O2. The topological polar surface area (TPSA) is 54.5 Å². The molecule has 1 aromatic heterocycles. The second kappa shape index (κ2) is 8.13. The zero-order valence-electron chi connectivity index (χ0n) is 13.8. The zero-order valence-corrected chi connectivity index (χ0v) is 13.8. The van der Waals surface area contributed by atoms with Crippen molar-refractivity contribution in [1.29, 1.82) is 0 Å². The van der Waals surface area contributed by atoms with E-state index in [1.54, 1.807) is 20.2 Å². The van der Waals surface area contributed by atoms with Crippen molar-refractivity contribution in [2.24, 2.45) is 0 Å². The van der Waals surface area contributed by atoms with Crippen molar-refractivity contribution >= 4 is 11.5 Å². The lowest BCUT2D eigenvalue weighted by atomic mass is 9.99. The highest BCUT2D eigenvalue weighted by Crippen LogP contribution is 2.26. The number of hydrogen-bond acceptors (Lipinski definition) is 5. The van der Waals surface area contributed by atoms with Gasteiger partial charge >= 0.3 is 0 Å². The maximum Gasteiger partial charge on any atom is 0.145 e. The highest BCUT2D eigenvalue weighted by atomic mass is 16.5. The number of carbonyl (C=O) groups is 1. The van der Waals surface area contributed by atoms with Crippen LogP contribution in [0.4, 0.5) is 5.69 Å². The Hall–Kier alpha value is -1.62. The number of nitrogens with one attached hydrogen (secondary N) is 1. The van der Waals surface area contributed by atoms with Crippen LogP contribution in [0.25, 0.3) is 0 Å². The molecule has 0 saturated carbocycles. The first-order chi connectivity index (χ1) is 10.6. The smallest absolute Gasteiger partial charge is 0.145 e. The van der Waals surface area contributed by atoms with Crippen molar-refractivity contribution in [3.8, 4) is 5.75 Å². The van der Waals surface area contributed by atoms with E-state index < -0.39 is 0 Å². The molecule has 1 aliphatic rings. The van der Waals surface area contributed by atoms with Crippen LogP contribution < -0.4 is 10.1 Å². The van der Waals surface area contributed by atoms with Crippen molar-refractivity contribution in [2.75, 3.05) is 25.5 Å². The summed E-state index contributed by atoms with van der Waals surface area (Å²) in [5.41, 5.74) is 0.958. The number of likely N-dealkylation sites (tertiary alicyclic amines) is 1. The number of aromatic nitrogens is 1. The van der Waals surface area contributed by atoms with Crippen molar-refractivity contribution in [3.05, 3.63) is 18.5 Å². The first-order valence-electron chi connectivity index (χ1n) is 8.12. The average Bonchev–Trinajstić information content (AvgIpc) is 2.54. The number of Topliss-reactive ketones (excluding diaryl/α,β-unsaturated/α-hetero) is 1. The number of ether oxygens (including phenoxy) is 1. The summed E-state index contributed by atoms with van der Waals surface area (Å²) in [6.07, 6.45) is 7.41. The summed E-state index contributed by atoms with van der Waals surface area (Å²) >= 11 is 0. The Kier molecular flexibility index (Phi) is 6.19. The van der Waals surface area contributed by atoms with Gasteiger partial charge in [-0.2, -0.15) is 0 Å². The maximum absolute atomic E-state index is 11.4. The molecule has 0 bridgehead atoms. The van der Waals surface area contributed by atoms with Crippen LogP contribution in [0.15, 0.2) is 18.5 Å². The van der Waals surface area contributed by atoms with Crippen LogP contribution in [-0.2, 0) is 4.79 Å². The van der Waals surface area contributed by atoms with Crippen molar-refractivity contribution in [3.63, 3.8) is 0 Å². The van der Waals surface area contributed by atoms with Gasteiger partial charge in [0.15, 0.2) is 0 Å². The number of piperidine rings is 1. The molecule has 0 aliphatic carbocycles. The van der Waals surface area contributed by atoms with Gasteiger partial charge in [0.25, 0.3) is 0 Å². The Morgan fingerprint density at radius 1 is 1.50 bits per heavy atom. The standard InChI is InChI=1S/C17H27N3O2/c1-4-15(11-13(2)21)20-9-6-14(7-10-20)19-16-12-18-8-5-17(16)22-3/h5,8,12,14-15,19H,4,6-7,9-11H2,1-3H3. The number of hydrogen-bond donors (Lipinski definition) is 1. The zero-order chi connectivity index (χ0) is 15.9. The number of pyridine rings is 1. The fourth-order valence-electron chi connectivity index (χ4n) is 3.16. The molecule has 2 rings (SSSR count). The van der Waals surface area contributed by atoms with Gasteiger partial charge in [-0.05, 0) is 26.2 Å². The van der Waals surface area contributed by atoms with E-state index in [0.29, 0.717) is 18.5 Å². The summed E-state index contributed by atoms with van der Waals surface area (Å²) in [5, 5.41) is 3.54. The number of rotatable bonds is 7. The first-order valence-corrected chi connectivity index (χ1v) is 8.12. The fourth-order valence-corrected chi connectivity index (χ4v) is 3.16. The van der Waals surface area contributed by atoms with Gasteiger partial charge < -0.3 is 10.1 Å². The molecule has 5 nitrogen and oxygen atoms in total. The highest BCUT2D eigenvalue weighted by Gasteiger charge is 2.25. The molecule has 0 amide bonds. The molecule has 1 atom stereocenters. The van der Waals surface area contributed by atoms with Gasteiger partial charge in [-0.25, -0.2) is 0 Å². The second-order valence-corrected chi connectivity index (χ2v) is 6.00. The number of methoxy groups -OCH3 is 1. The molecule has 5 heteroatoms. The summed E-state index contributed by atoms with van der Waals surface area (Å²) < 4.78 is 5.36. The molecule has 2 heterocycles. The van der Waals surface area contributed by atoms with E-state index in [1.807, 2.05) is 12.3 Å². The Balaban J connectivity index is 1.88. The van der Waals surface area contributed by atoms with Crippen LogP contribution in [-0.4, -0.2) is 48.0 Å². The van der Waals surface area contributed by atoms with Gasteiger partial charge in [0.1, 0.15) is 11.5 Å². The van der Waals surface area contributed by atoms with Crippen LogP contribution in [0.1, 0.15) is 39.5 Å². The minimum atomic E-state index is 0.284. The van der Waals surface area contributed by atoms with Gasteiger partial charge in [0.05, 0.1) is 19.0 Å². The third-order valence-electron chi connectivity index (χ3n) is 4.40. The molecule has 1 fully saturated rings. The molecule has 1 aromatic rings. The third-order valence-corrected chi connectivity index (χ3v) is 4.40.